The monoisotopic (exact) mass is 331 g/mol. The second kappa shape index (κ2) is 6.82. The zero-order chi connectivity index (χ0) is 14.5. The highest BCUT2D eigenvalue weighted by Crippen LogP contribution is 2.23. The highest BCUT2D eigenvalue weighted by molar-refractivity contribution is 9.10. The lowest BCUT2D eigenvalue weighted by atomic mass is 9.89. The molecule has 0 radical (unpaired) electrons. The number of carbonyl (C=O) groups excluding carboxylic acids is 1. The molecule has 0 amide bonds. The smallest absolute Gasteiger partial charge is 0.141 e. The maximum absolute atomic E-state index is 12.4. The first-order valence-electron chi connectivity index (χ1n) is 6.66. The van der Waals surface area contributed by atoms with Gasteiger partial charge < -0.3 is 5.73 Å². The van der Waals surface area contributed by atoms with Crippen LogP contribution in [0.4, 0.5) is 0 Å². The second-order valence-corrected chi connectivity index (χ2v) is 5.81. The lowest BCUT2D eigenvalue weighted by Crippen LogP contribution is -2.27. The maximum atomic E-state index is 12.4. The minimum Gasteiger partial charge on any atom is -0.323 e. The van der Waals surface area contributed by atoms with Crippen molar-refractivity contribution >= 4 is 21.7 Å². The Bertz CT molecular complexity index is 583. The highest BCUT2D eigenvalue weighted by Gasteiger charge is 2.22. The van der Waals surface area contributed by atoms with Crippen LogP contribution in [0.3, 0.4) is 0 Å². The van der Waals surface area contributed by atoms with E-state index in [1.54, 1.807) is 0 Å². The number of hydrogen-bond acceptors (Lipinski definition) is 2. The highest BCUT2D eigenvalue weighted by atomic mass is 79.9. The standard InChI is InChI=1S/C17H18BrNO/c1-12(17(19)13-7-3-2-4-8-13)16(20)11-14-9-5-6-10-15(14)18/h2-10,12,17H,11,19H2,1H3. The van der Waals surface area contributed by atoms with E-state index in [0.29, 0.717) is 6.42 Å². The molecule has 2 rings (SSSR count). The normalized spacial score (nSPS) is 13.8. The number of hydrogen-bond donors (Lipinski definition) is 1. The number of nitrogens with two attached hydrogens (primary N) is 1. The summed E-state index contributed by atoms with van der Waals surface area (Å²) in [7, 11) is 0. The second-order valence-electron chi connectivity index (χ2n) is 4.96. The fraction of sp³-hybridized carbons (Fsp3) is 0.235. The minimum atomic E-state index is -0.258. The molecule has 0 heterocycles. The molecular formula is C17H18BrNO. The molecule has 20 heavy (non-hydrogen) atoms. The molecule has 0 bridgehead atoms. The van der Waals surface area contributed by atoms with Gasteiger partial charge in [0.1, 0.15) is 5.78 Å². The summed E-state index contributed by atoms with van der Waals surface area (Å²) in [4.78, 5) is 12.4. The summed E-state index contributed by atoms with van der Waals surface area (Å²) in [5.41, 5.74) is 8.20. The lowest BCUT2D eigenvalue weighted by molar-refractivity contribution is -0.122. The summed E-state index contributed by atoms with van der Waals surface area (Å²) in [5, 5.41) is 0. The number of benzene rings is 2. The van der Waals surface area contributed by atoms with Gasteiger partial charge in [0.2, 0.25) is 0 Å². The van der Waals surface area contributed by atoms with Crippen molar-refractivity contribution in [2.45, 2.75) is 19.4 Å². The number of ketones is 1. The fourth-order valence-electron chi connectivity index (χ4n) is 2.15. The molecule has 104 valence electrons. The van der Waals surface area contributed by atoms with Gasteiger partial charge >= 0.3 is 0 Å². The van der Waals surface area contributed by atoms with Gasteiger partial charge in [-0.15, -0.1) is 0 Å². The molecule has 2 aromatic rings. The zero-order valence-corrected chi connectivity index (χ0v) is 13.0. The van der Waals surface area contributed by atoms with Crippen molar-refractivity contribution < 1.29 is 4.79 Å². The van der Waals surface area contributed by atoms with Gasteiger partial charge in [0, 0.05) is 22.9 Å². The predicted octanol–water partition coefficient (Wildman–Crippen LogP) is 3.90. The van der Waals surface area contributed by atoms with Crippen molar-refractivity contribution in [3.8, 4) is 0 Å². The average Bonchev–Trinajstić information content (AvgIpc) is 2.49. The van der Waals surface area contributed by atoms with Crippen molar-refractivity contribution in [2.24, 2.45) is 11.7 Å². The van der Waals surface area contributed by atoms with E-state index in [9.17, 15) is 4.79 Å². The summed E-state index contributed by atoms with van der Waals surface area (Å²) in [6.45, 7) is 1.90. The first kappa shape index (κ1) is 14.9. The summed E-state index contributed by atoms with van der Waals surface area (Å²) in [5.74, 6) is -0.0437. The van der Waals surface area contributed by atoms with Crippen LogP contribution in [0, 0.1) is 5.92 Å². The summed E-state index contributed by atoms with van der Waals surface area (Å²) in [6, 6.07) is 17.3. The van der Waals surface area contributed by atoms with E-state index in [1.165, 1.54) is 0 Å². The van der Waals surface area contributed by atoms with Gasteiger partial charge in [0.05, 0.1) is 0 Å². The SMILES string of the molecule is CC(C(=O)Cc1ccccc1Br)C(N)c1ccccc1. The maximum Gasteiger partial charge on any atom is 0.141 e. The van der Waals surface area contributed by atoms with Gasteiger partial charge in [-0.3, -0.25) is 4.79 Å². The number of rotatable bonds is 5. The molecule has 0 saturated heterocycles. The van der Waals surface area contributed by atoms with Crippen LogP contribution in [0.15, 0.2) is 59.1 Å². The van der Waals surface area contributed by atoms with Crippen LogP contribution in [0.5, 0.6) is 0 Å². The van der Waals surface area contributed by atoms with Crippen LogP contribution < -0.4 is 5.73 Å². The Morgan fingerprint density at radius 1 is 1.10 bits per heavy atom. The average molecular weight is 332 g/mol. The Labute approximate surface area is 128 Å². The Morgan fingerprint density at radius 3 is 2.35 bits per heavy atom. The summed E-state index contributed by atoms with van der Waals surface area (Å²) < 4.78 is 0.967. The third kappa shape index (κ3) is 3.56. The molecule has 0 aromatic heterocycles. The van der Waals surface area contributed by atoms with E-state index in [1.807, 2.05) is 61.5 Å². The molecular weight excluding hydrogens is 314 g/mol. The van der Waals surface area contributed by atoms with Crippen molar-refractivity contribution in [3.63, 3.8) is 0 Å². The number of Topliss-reactive ketones (excluding diaryl/α,β-unsaturated/α-hetero) is 1. The van der Waals surface area contributed by atoms with Crippen LogP contribution in [0.2, 0.25) is 0 Å². The third-order valence-electron chi connectivity index (χ3n) is 3.55. The third-order valence-corrected chi connectivity index (χ3v) is 4.33. The molecule has 2 N–H and O–H groups in total. The largest absolute Gasteiger partial charge is 0.323 e. The van der Waals surface area contributed by atoms with Gasteiger partial charge in [0.15, 0.2) is 0 Å². The summed E-state index contributed by atoms with van der Waals surface area (Å²) in [6.07, 6.45) is 0.406. The molecule has 0 spiro atoms. The molecule has 2 nitrogen and oxygen atoms in total. The van der Waals surface area contributed by atoms with E-state index in [2.05, 4.69) is 15.9 Å². The van der Waals surface area contributed by atoms with E-state index in [-0.39, 0.29) is 17.7 Å². The molecule has 0 aliphatic heterocycles. The number of carbonyl (C=O) groups is 1. The van der Waals surface area contributed by atoms with Gasteiger partial charge in [-0.25, -0.2) is 0 Å². The molecule has 2 atom stereocenters. The Hall–Kier alpha value is -1.45. The Kier molecular flexibility index (Phi) is 5.10. The molecule has 0 aliphatic rings. The first-order chi connectivity index (χ1) is 9.59. The van der Waals surface area contributed by atoms with E-state index < -0.39 is 0 Å². The van der Waals surface area contributed by atoms with Crippen LogP contribution in [-0.2, 0) is 11.2 Å². The van der Waals surface area contributed by atoms with E-state index in [0.717, 1.165) is 15.6 Å². The molecule has 0 fully saturated rings. The van der Waals surface area contributed by atoms with Crippen molar-refractivity contribution in [3.05, 3.63) is 70.2 Å². The number of halogens is 1. The van der Waals surface area contributed by atoms with Crippen LogP contribution >= 0.6 is 15.9 Å². The molecule has 2 aromatic carbocycles. The van der Waals surface area contributed by atoms with Crippen molar-refractivity contribution in [1.29, 1.82) is 0 Å². The van der Waals surface area contributed by atoms with Crippen LogP contribution in [0.1, 0.15) is 24.1 Å². The topological polar surface area (TPSA) is 43.1 Å². The van der Waals surface area contributed by atoms with Crippen LogP contribution in [0.25, 0.3) is 0 Å². The lowest BCUT2D eigenvalue weighted by Gasteiger charge is -2.19. The van der Waals surface area contributed by atoms with Gasteiger partial charge in [-0.1, -0.05) is 71.4 Å². The van der Waals surface area contributed by atoms with E-state index in [4.69, 9.17) is 5.73 Å². The molecule has 2 unspecified atom stereocenters. The fourth-order valence-corrected chi connectivity index (χ4v) is 2.58. The zero-order valence-electron chi connectivity index (χ0n) is 11.4. The van der Waals surface area contributed by atoms with Gasteiger partial charge in [-0.05, 0) is 17.2 Å². The molecule has 0 aliphatic carbocycles. The predicted molar refractivity (Wildman–Crippen MR) is 85.4 cm³/mol. The molecule has 0 saturated carbocycles. The Balaban J connectivity index is 2.08. The molecule has 3 heteroatoms. The van der Waals surface area contributed by atoms with Crippen molar-refractivity contribution in [2.75, 3.05) is 0 Å². The van der Waals surface area contributed by atoms with Gasteiger partial charge in [-0.2, -0.15) is 0 Å². The van der Waals surface area contributed by atoms with Gasteiger partial charge in [0.25, 0.3) is 0 Å². The summed E-state index contributed by atoms with van der Waals surface area (Å²) >= 11 is 3.47. The minimum absolute atomic E-state index is 0.160. The van der Waals surface area contributed by atoms with E-state index >= 15 is 0 Å². The van der Waals surface area contributed by atoms with Crippen molar-refractivity contribution in [1.82, 2.24) is 0 Å². The first-order valence-corrected chi connectivity index (χ1v) is 7.45. The quantitative estimate of drug-likeness (QED) is 0.902. The Morgan fingerprint density at radius 2 is 1.70 bits per heavy atom. The van der Waals surface area contributed by atoms with Crippen LogP contribution in [-0.4, -0.2) is 5.78 Å².